The molecule has 23 heavy (non-hydrogen) atoms. The van der Waals surface area contributed by atoms with E-state index in [0.29, 0.717) is 19.0 Å². The second-order valence-electron chi connectivity index (χ2n) is 4.87. The first kappa shape index (κ1) is 18.3. The molecule has 7 heteroatoms. The number of benzene rings is 2. The first-order valence-corrected chi connectivity index (χ1v) is 10.3. The van der Waals surface area contributed by atoms with Crippen molar-refractivity contribution in [3.8, 4) is 11.5 Å². The standard InChI is InChI=1S/C16H16Br2O4S/c1-23(19,20)14-6-4-13(5-7-14)21-9-2-10-22-16-8-3-12(17)11-15(16)18/h3-8,11H,2,9-10H2,1H3. The zero-order valence-corrected chi connectivity index (χ0v) is 16.4. The molecule has 0 atom stereocenters. The van der Waals surface area contributed by atoms with Crippen LogP contribution in [0.5, 0.6) is 11.5 Å². The molecule has 2 aromatic carbocycles. The molecule has 0 amide bonds. The van der Waals surface area contributed by atoms with Crippen LogP contribution in [0, 0.1) is 0 Å². The molecule has 0 N–H and O–H groups in total. The maximum atomic E-state index is 11.4. The lowest BCUT2D eigenvalue weighted by Gasteiger charge is -2.10. The molecule has 0 aromatic heterocycles. The third-order valence-electron chi connectivity index (χ3n) is 2.96. The van der Waals surface area contributed by atoms with Crippen LogP contribution < -0.4 is 9.47 Å². The van der Waals surface area contributed by atoms with E-state index in [1.165, 1.54) is 6.26 Å². The summed E-state index contributed by atoms with van der Waals surface area (Å²) in [5.74, 6) is 1.42. The number of halogens is 2. The van der Waals surface area contributed by atoms with Gasteiger partial charge in [-0.2, -0.15) is 0 Å². The van der Waals surface area contributed by atoms with Crippen molar-refractivity contribution < 1.29 is 17.9 Å². The molecular weight excluding hydrogens is 448 g/mol. The predicted molar refractivity (Wildman–Crippen MR) is 97.0 cm³/mol. The molecule has 124 valence electrons. The van der Waals surface area contributed by atoms with Crippen LogP contribution in [0.25, 0.3) is 0 Å². The van der Waals surface area contributed by atoms with Crippen LogP contribution in [-0.4, -0.2) is 27.9 Å². The monoisotopic (exact) mass is 462 g/mol. The zero-order valence-electron chi connectivity index (χ0n) is 12.5. The van der Waals surface area contributed by atoms with E-state index in [9.17, 15) is 8.42 Å². The molecular formula is C16H16Br2O4S. The van der Waals surface area contributed by atoms with E-state index in [1.54, 1.807) is 24.3 Å². The second kappa shape index (κ2) is 8.17. The van der Waals surface area contributed by atoms with Gasteiger partial charge in [0.2, 0.25) is 0 Å². The van der Waals surface area contributed by atoms with Crippen LogP contribution in [0.1, 0.15) is 6.42 Å². The minimum atomic E-state index is -3.17. The minimum absolute atomic E-state index is 0.285. The molecule has 0 aliphatic carbocycles. The van der Waals surface area contributed by atoms with Gasteiger partial charge >= 0.3 is 0 Å². The average molecular weight is 464 g/mol. The number of hydrogen-bond acceptors (Lipinski definition) is 4. The van der Waals surface area contributed by atoms with Gasteiger partial charge in [-0.25, -0.2) is 8.42 Å². The van der Waals surface area contributed by atoms with Crippen molar-refractivity contribution in [2.75, 3.05) is 19.5 Å². The molecule has 4 nitrogen and oxygen atoms in total. The van der Waals surface area contributed by atoms with E-state index in [2.05, 4.69) is 31.9 Å². The summed E-state index contributed by atoms with van der Waals surface area (Å²) in [6.45, 7) is 1.02. The summed E-state index contributed by atoms with van der Waals surface area (Å²) in [6.07, 6.45) is 1.90. The van der Waals surface area contributed by atoms with Crippen molar-refractivity contribution in [1.82, 2.24) is 0 Å². The van der Waals surface area contributed by atoms with Crippen LogP contribution in [0.2, 0.25) is 0 Å². The molecule has 0 fully saturated rings. The Morgan fingerprint density at radius 2 is 1.61 bits per heavy atom. The topological polar surface area (TPSA) is 52.6 Å². The fourth-order valence-electron chi connectivity index (χ4n) is 1.81. The summed E-state index contributed by atoms with van der Waals surface area (Å²) in [4.78, 5) is 0.285. The summed E-state index contributed by atoms with van der Waals surface area (Å²) >= 11 is 6.83. The number of rotatable bonds is 7. The van der Waals surface area contributed by atoms with Crippen LogP contribution >= 0.6 is 31.9 Å². The Morgan fingerprint density at radius 3 is 2.22 bits per heavy atom. The molecule has 0 aliphatic rings. The largest absolute Gasteiger partial charge is 0.493 e. The molecule has 0 aliphatic heterocycles. The fraction of sp³-hybridized carbons (Fsp3) is 0.250. The first-order valence-electron chi connectivity index (χ1n) is 6.87. The van der Waals surface area contributed by atoms with Gasteiger partial charge in [0.1, 0.15) is 11.5 Å². The highest BCUT2D eigenvalue weighted by Gasteiger charge is 2.06. The molecule has 0 radical (unpaired) electrons. The van der Waals surface area contributed by atoms with Gasteiger partial charge in [-0.1, -0.05) is 15.9 Å². The third-order valence-corrected chi connectivity index (χ3v) is 5.20. The molecule has 2 rings (SSSR count). The van der Waals surface area contributed by atoms with Gasteiger partial charge in [-0.05, 0) is 58.4 Å². The molecule has 0 saturated heterocycles. The number of ether oxygens (including phenoxy) is 2. The predicted octanol–water partition coefficient (Wildman–Crippen LogP) is 4.46. The van der Waals surface area contributed by atoms with Crippen molar-refractivity contribution in [1.29, 1.82) is 0 Å². The maximum absolute atomic E-state index is 11.4. The van der Waals surface area contributed by atoms with Gasteiger partial charge in [0.25, 0.3) is 0 Å². The Hall–Kier alpha value is -1.05. The van der Waals surface area contributed by atoms with Crippen molar-refractivity contribution in [3.63, 3.8) is 0 Å². The quantitative estimate of drug-likeness (QED) is 0.568. The summed E-state index contributed by atoms with van der Waals surface area (Å²) in [5, 5.41) is 0. The summed E-state index contributed by atoms with van der Waals surface area (Å²) < 4.78 is 35.8. The van der Waals surface area contributed by atoms with Gasteiger partial charge in [0.15, 0.2) is 9.84 Å². The molecule has 0 bridgehead atoms. The van der Waals surface area contributed by atoms with E-state index in [0.717, 1.165) is 21.1 Å². The Bertz CT molecular complexity index is 758. The van der Waals surface area contributed by atoms with Gasteiger partial charge in [0.05, 0.1) is 22.6 Å². The van der Waals surface area contributed by atoms with Gasteiger partial charge in [-0.3, -0.25) is 0 Å². The van der Waals surface area contributed by atoms with Crippen molar-refractivity contribution in [3.05, 3.63) is 51.4 Å². The highest BCUT2D eigenvalue weighted by molar-refractivity contribution is 9.11. The summed E-state index contributed by atoms with van der Waals surface area (Å²) in [5.41, 5.74) is 0. The minimum Gasteiger partial charge on any atom is -0.493 e. The van der Waals surface area contributed by atoms with E-state index in [-0.39, 0.29) is 4.90 Å². The maximum Gasteiger partial charge on any atom is 0.175 e. The SMILES string of the molecule is CS(=O)(=O)c1ccc(OCCCOc2ccc(Br)cc2Br)cc1. The average Bonchev–Trinajstić information content (AvgIpc) is 2.48. The van der Waals surface area contributed by atoms with E-state index in [1.807, 2.05) is 18.2 Å². The third kappa shape index (κ3) is 5.82. The van der Waals surface area contributed by atoms with Crippen molar-refractivity contribution in [2.24, 2.45) is 0 Å². The van der Waals surface area contributed by atoms with Crippen molar-refractivity contribution in [2.45, 2.75) is 11.3 Å². The lowest BCUT2D eigenvalue weighted by molar-refractivity contribution is 0.246. The van der Waals surface area contributed by atoms with Crippen LogP contribution in [0.15, 0.2) is 56.3 Å². The highest BCUT2D eigenvalue weighted by atomic mass is 79.9. The number of sulfone groups is 1. The Labute approximate surface area is 153 Å². The van der Waals surface area contributed by atoms with Crippen molar-refractivity contribution >= 4 is 41.7 Å². The zero-order chi connectivity index (χ0) is 16.9. The van der Waals surface area contributed by atoms with Crippen LogP contribution in [0.4, 0.5) is 0 Å². The Balaban J connectivity index is 1.75. The normalized spacial score (nSPS) is 11.3. The van der Waals surface area contributed by atoms with Gasteiger partial charge in [0, 0.05) is 17.1 Å². The second-order valence-corrected chi connectivity index (χ2v) is 8.65. The molecule has 0 saturated carbocycles. The summed E-state index contributed by atoms with van der Waals surface area (Å²) in [7, 11) is -3.17. The smallest absolute Gasteiger partial charge is 0.175 e. The highest BCUT2D eigenvalue weighted by Crippen LogP contribution is 2.28. The van der Waals surface area contributed by atoms with Crippen LogP contribution in [0.3, 0.4) is 0 Å². The van der Waals surface area contributed by atoms with E-state index in [4.69, 9.17) is 9.47 Å². The van der Waals surface area contributed by atoms with E-state index < -0.39 is 9.84 Å². The lowest BCUT2D eigenvalue weighted by Crippen LogP contribution is -2.05. The fourth-order valence-corrected chi connectivity index (χ4v) is 3.60. The summed E-state index contributed by atoms with van der Waals surface area (Å²) in [6, 6.07) is 12.1. The van der Waals surface area contributed by atoms with Gasteiger partial charge in [-0.15, -0.1) is 0 Å². The van der Waals surface area contributed by atoms with Crippen LogP contribution in [-0.2, 0) is 9.84 Å². The number of hydrogen-bond donors (Lipinski definition) is 0. The molecule has 0 heterocycles. The molecule has 0 unspecified atom stereocenters. The van der Waals surface area contributed by atoms with E-state index >= 15 is 0 Å². The first-order chi connectivity index (χ1) is 10.9. The van der Waals surface area contributed by atoms with Gasteiger partial charge < -0.3 is 9.47 Å². The Kier molecular flexibility index (Phi) is 6.50. The lowest BCUT2D eigenvalue weighted by atomic mass is 10.3. The molecule has 2 aromatic rings. The molecule has 0 spiro atoms. The Morgan fingerprint density at radius 1 is 0.957 bits per heavy atom.